The van der Waals surface area contributed by atoms with Crippen LogP contribution in [0.4, 0.5) is 4.39 Å². The van der Waals surface area contributed by atoms with Gasteiger partial charge in [0, 0.05) is 13.1 Å². The highest BCUT2D eigenvalue weighted by atomic mass is 19.1. The van der Waals surface area contributed by atoms with Crippen LogP contribution in [0.15, 0.2) is 36.4 Å². The maximum Gasteiger partial charge on any atom is 0.244 e. The van der Waals surface area contributed by atoms with E-state index in [4.69, 9.17) is 0 Å². The lowest BCUT2D eigenvalue weighted by molar-refractivity contribution is -0.135. The first kappa shape index (κ1) is 15.2. The Morgan fingerprint density at radius 1 is 1.23 bits per heavy atom. The van der Waals surface area contributed by atoms with Crippen LogP contribution in [0.3, 0.4) is 0 Å². The van der Waals surface area contributed by atoms with E-state index < -0.39 is 6.04 Å². The second-order valence-corrected chi connectivity index (χ2v) is 6.63. The van der Waals surface area contributed by atoms with Gasteiger partial charge in [0.15, 0.2) is 0 Å². The Morgan fingerprint density at radius 3 is 2.41 bits per heavy atom. The van der Waals surface area contributed by atoms with Crippen LogP contribution in [-0.2, 0) is 4.79 Å². The van der Waals surface area contributed by atoms with Crippen molar-refractivity contribution in [1.29, 1.82) is 0 Å². The van der Waals surface area contributed by atoms with E-state index in [1.807, 2.05) is 30.0 Å². The van der Waals surface area contributed by atoms with Crippen molar-refractivity contribution in [1.82, 2.24) is 9.80 Å². The van der Waals surface area contributed by atoms with E-state index in [1.54, 1.807) is 6.07 Å². The van der Waals surface area contributed by atoms with E-state index in [1.165, 1.54) is 12.1 Å². The summed E-state index contributed by atoms with van der Waals surface area (Å²) in [5.41, 5.74) is 0.725. The smallest absolute Gasteiger partial charge is 0.244 e. The first-order chi connectivity index (χ1) is 10.6. The first-order valence-electron chi connectivity index (χ1n) is 7.92. The topological polar surface area (TPSA) is 23.6 Å². The molecule has 3 rings (SSSR count). The number of fused-ring (bicyclic) bond motifs is 1. The van der Waals surface area contributed by atoms with Crippen molar-refractivity contribution < 1.29 is 9.18 Å². The molecule has 2 aliphatic rings. The number of hydrogen-bond acceptors (Lipinski definition) is 2. The molecule has 118 valence electrons. The Bertz CT molecular complexity index is 568. The third-order valence-electron chi connectivity index (χ3n) is 4.85. The number of rotatable bonds is 3. The van der Waals surface area contributed by atoms with Gasteiger partial charge in [-0.2, -0.15) is 0 Å². The van der Waals surface area contributed by atoms with Gasteiger partial charge in [-0.25, -0.2) is 4.39 Å². The zero-order valence-electron chi connectivity index (χ0n) is 13.2. The molecule has 4 heteroatoms. The standard InChI is InChI=1S/C18H23FN2O/c1-20(2)17(13-8-5-9-16(19)10-13)18(22)21-11-14-6-3-4-7-15(14)12-21/h3-5,8-10,14-15,17H,6-7,11-12H2,1-2H3/t14-,15+,17-/m0/s1. The predicted octanol–water partition coefficient (Wildman–Crippen LogP) is 2.85. The van der Waals surface area contributed by atoms with Crippen LogP contribution in [0, 0.1) is 17.7 Å². The summed E-state index contributed by atoms with van der Waals surface area (Å²) in [4.78, 5) is 16.8. The second-order valence-electron chi connectivity index (χ2n) is 6.63. The monoisotopic (exact) mass is 302 g/mol. The van der Waals surface area contributed by atoms with Crippen LogP contribution in [-0.4, -0.2) is 42.9 Å². The highest BCUT2D eigenvalue weighted by Crippen LogP contribution is 2.34. The zero-order chi connectivity index (χ0) is 15.7. The molecule has 0 bridgehead atoms. The van der Waals surface area contributed by atoms with E-state index in [0.29, 0.717) is 11.8 Å². The van der Waals surface area contributed by atoms with Crippen LogP contribution < -0.4 is 0 Å². The predicted molar refractivity (Wildman–Crippen MR) is 84.8 cm³/mol. The van der Waals surface area contributed by atoms with Crippen molar-refractivity contribution in [3.05, 3.63) is 47.8 Å². The van der Waals surface area contributed by atoms with E-state index in [0.717, 1.165) is 31.5 Å². The van der Waals surface area contributed by atoms with Crippen LogP contribution in [0.2, 0.25) is 0 Å². The molecule has 0 unspecified atom stereocenters. The van der Waals surface area contributed by atoms with Crippen LogP contribution in [0.1, 0.15) is 24.4 Å². The molecule has 0 saturated carbocycles. The Hall–Kier alpha value is -1.68. The molecule has 1 aliphatic carbocycles. The summed E-state index contributed by atoms with van der Waals surface area (Å²) in [6.07, 6.45) is 6.60. The van der Waals surface area contributed by atoms with Gasteiger partial charge < -0.3 is 4.90 Å². The van der Waals surface area contributed by atoms with Crippen molar-refractivity contribution in [2.45, 2.75) is 18.9 Å². The summed E-state index contributed by atoms with van der Waals surface area (Å²) in [6.45, 7) is 1.65. The Balaban J connectivity index is 1.79. The Labute approximate surface area is 131 Å². The van der Waals surface area contributed by atoms with Crippen molar-refractivity contribution in [2.75, 3.05) is 27.2 Å². The van der Waals surface area contributed by atoms with E-state index in [-0.39, 0.29) is 11.7 Å². The average Bonchev–Trinajstić information content (AvgIpc) is 2.91. The number of carbonyl (C=O) groups excluding carboxylic acids is 1. The SMILES string of the molecule is CN(C)[C@H](C(=O)N1C[C@H]2CC=CC[C@H]2C1)c1cccc(F)c1. The minimum atomic E-state index is -0.413. The number of hydrogen-bond donors (Lipinski definition) is 0. The zero-order valence-corrected chi connectivity index (χ0v) is 13.2. The highest BCUT2D eigenvalue weighted by molar-refractivity contribution is 5.83. The summed E-state index contributed by atoms with van der Waals surface area (Å²) >= 11 is 0. The summed E-state index contributed by atoms with van der Waals surface area (Å²) in [7, 11) is 3.75. The maximum atomic E-state index is 13.5. The van der Waals surface area contributed by atoms with Gasteiger partial charge in [0.05, 0.1) is 0 Å². The number of carbonyl (C=O) groups is 1. The van der Waals surface area contributed by atoms with Gasteiger partial charge >= 0.3 is 0 Å². The fourth-order valence-electron chi connectivity index (χ4n) is 3.71. The van der Waals surface area contributed by atoms with E-state index >= 15 is 0 Å². The molecule has 3 atom stereocenters. The van der Waals surface area contributed by atoms with E-state index in [2.05, 4.69) is 12.2 Å². The molecule has 22 heavy (non-hydrogen) atoms. The molecule has 1 fully saturated rings. The molecule has 1 aromatic rings. The lowest BCUT2D eigenvalue weighted by Gasteiger charge is -2.28. The van der Waals surface area contributed by atoms with Crippen molar-refractivity contribution in [3.63, 3.8) is 0 Å². The van der Waals surface area contributed by atoms with Crippen molar-refractivity contribution in [3.8, 4) is 0 Å². The molecule has 0 N–H and O–H groups in total. The average molecular weight is 302 g/mol. The number of benzene rings is 1. The van der Waals surface area contributed by atoms with Crippen LogP contribution >= 0.6 is 0 Å². The Morgan fingerprint density at radius 2 is 1.86 bits per heavy atom. The van der Waals surface area contributed by atoms with Crippen LogP contribution in [0.25, 0.3) is 0 Å². The van der Waals surface area contributed by atoms with Gasteiger partial charge in [0.2, 0.25) is 5.91 Å². The van der Waals surface area contributed by atoms with Crippen LogP contribution in [0.5, 0.6) is 0 Å². The number of halogens is 1. The number of allylic oxidation sites excluding steroid dienone is 2. The minimum absolute atomic E-state index is 0.0880. The van der Waals surface area contributed by atoms with Crippen molar-refractivity contribution >= 4 is 5.91 Å². The fraction of sp³-hybridized carbons (Fsp3) is 0.500. The second kappa shape index (κ2) is 6.21. The molecule has 1 saturated heterocycles. The number of nitrogens with zero attached hydrogens (tertiary/aromatic N) is 2. The molecule has 0 radical (unpaired) electrons. The van der Waals surface area contributed by atoms with Gasteiger partial charge in [-0.1, -0.05) is 24.3 Å². The van der Waals surface area contributed by atoms with Gasteiger partial charge in [-0.05, 0) is 56.5 Å². The van der Waals surface area contributed by atoms with Gasteiger partial charge in [0.1, 0.15) is 11.9 Å². The van der Waals surface area contributed by atoms with Gasteiger partial charge in [-0.15, -0.1) is 0 Å². The molecule has 1 aromatic carbocycles. The summed E-state index contributed by atoms with van der Waals surface area (Å²) < 4.78 is 13.5. The normalized spacial score (nSPS) is 25.4. The molecular formula is C18H23FN2O. The van der Waals surface area contributed by atoms with E-state index in [9.17, 15) is 9.18 Å². The molecule has 1 aliphatic heterocycles. The molecule has 1 amide bonds. The third-order valence-corrected chi connectivity index (χ3v) is 4.85. The first-order valence-corrected chi connectivity index (χ1v) is 7.92. The van der Waals surface area contributed by atoms with Gasteiger partial charge in [0.25, 0.3) is 0 Å². The molecule has 1 heterocycles. The number of likely N-dealkylation sites (N-methyl/N-ethyl adjacent to an activating group) is 1. The molecule has 0 spiro atoms. The number of amides is 1. The number of likely N-dealkylation sites (tertiary alicyclic amines) is 1. The summed E-state index contributed by atoms with van der Waals surface area (Å²) in [5.74, 6) is 0.968. The maximum absolute atomic E-state index is 13.5. The summed E-state index contributed by atoms with van der Waals surface area (Å²) in [5, 5.41) is 0. The molecule has 0 aromatic heterocycles. The largest absolute Gasteiger partial charge is 0.340 e. The van der Waals surface area contributed by atoms with Crippen molar-refractivity contribution in [2.24, 2.45) is 11.8 Å². The lowest BCUT2D eigenvalue weighted by atomic mass is 9.86. The lowest BCUT2D eigenvalue weighted by Crippen LogP contribution is -2.39. The minimum Gasteiger partial charge on any atom is -0.340 e. The Kier molecular flexibility index (Phi) is 4.30. The fourth-order valence-corrected chi connectivity index (χ4v) is 3.71. The highest BCUT2D eigenvalue weighted by Gasteiger charge is 2.38. The summed E-state index contributed by atoms with van der Waals surface area (Å²) in [6, 6.07) is 5.96. The third kappa shape index (κ3) is 2.93. The molecular weight excluding hydrogens is 279 g/mol. The quantitative estimate of drug-likeness (QED) is 0.802. The molecule has 3 nitrogen and oxygen atoms in total. The van der Waals surface area contributed by atoms with Gasteiger partial charge in [-0.3, -0.25) is 9.69 Å².